The van der Waals surface area contributed by atoms with Gasteiger partial charge in [-0.25, -0.2) is 9.78 Å². The van der Waals surface area contributed by atoms with E-state index < -0.39 is 47.9 Å². The maximum absolute atomic E-state index is 13.7. The van der Waals surface area contributed by atoms with Gasteiger partial charge in [0, 0.05) is 24.9 Å². The maximum atomic E-state index is 13.7. The summed E-state index contributed by atoms with van der Waals surface area (Å²) >= 11 is 0. The lowest BCUT2D eigenvalue weighted by Gasteiger charge is -2.33. The number of aliphatic hydroxyl groups excluding tert-OH is 1. The number of nitrogens with zero attached hydrogens (tertiary/aromatic N) is 3. The molecule has 3 amide bonds. The molecular formula is C25H37N5O6. The fraction of sp³-hybridized carbons (Fsp3) is 0.680. The van der Waals surface area contributed by atoms with Crippen molar-refractivity contribution in [1.29, 1.82) is 0 Å². The molecule has 1 aliphatic heterocycles. The van der Waals surface area contributed by atoms with Gasteiger partial charge in [-0.3, -0.25) is 19.4 Å². The molecule has 11 nitrogen and oxygen atoms in total. The first kappa shape index (κ1) is 27.5. The van der Waals surface area contributed by atoms with Gasteiger partial charge in [-0.05, 0) is 37.5 Å². The van der Waals surface area contributed by atoms with Crippen LogP contribution in [-0.4, -0.2) is 81.0 Å². The number of likely N-dealkylation sites (tertiary alicyclic amines) is 1. The SMILES string of the molecule is CCOC(=O)[C@@H]1[C@H]2CCC(O)[C@H]2CN1C(=O)[C@@H](NC(=O)[C@@H](NC(=O)c1cnccn1)C(C)C)C(C)C. The number of aliphatic hydroxyl groups is 1. The van der Waals surface area contributed by atoms with Crippen LogP contribution >= 0.6 is 0 Å². The Bertz CT molecular complexity index is 956. The summed E-state index contributed by atoms with van der Waals surface area (Å²) in [4.78, 5) is 61.8. The Morgan fingerprint density at radius 3 is 2.33 bits per heavy atom. The van der Waals surface area contributed by atoms with E-state index in [0.717, 1.165) is 0 Å². The fourth-order valence-corrected chi connectivity index (χ4v) is 5.16. The molecule has 2 fully saturated rings. The third-order valence-corrected chi connectivity index (χ3v) is 7.06. The third-order valence-electron chi connectivity index (χ3n) is 7.06. The molecule has 2 heterocycles. The number of carbonyl (C=O) groups is 4. The monoisotopic (exact) mass is 503 g/mol. The summed E-state index contributed by atoms with van der Waals surface area (Å²) in [6.07, 6.45) is 4.76. The van der Waals surface area contributed by atoms with Gasteiger partial charge in [-0.15, -0.1) is 0 Å². The van der Waals surface area contributed by atoms with Gasteiger partial charge in [0.25, 0.3) is 5.91 Å². The van der Waals surface area contributed by atoms with E-state index in [9.17, 15) is 24.3 Å². The summed E-state index contributed by atoms with van der Waals surface area (Å²) in [5, 5.41) is 15.9. The number of ether oxygens (including phenoxy) is 1. The zero-order valence-corrected chi connectivity index (χ0v) is 21.5. The summed E-state index contributed by atoms with van der Waals surface area (Å²) in [6.45, 7) is 9.29. The van der Waals surface area contributed by atoms with E-state index in [-0.39, 0.29) is 42.5 Å². The molecule has 6 atom stereocenters. The zero-order valence-electron chi connectivity index (χ0n) is 21.5. The van der Waals surface area contributed by atoms with Gasteiger partial charge in [0.05, 0.1) is 18.9 Å². The average Bonchev–Trinajstić information content (AvgIpc) is 3.40. The first-order valence-corrected chi connectivity index (χ1v) is 12.6. The number of carbonyl (C=O) groups excluding carboxylic acids is 4. The highest BCUT2D eigenvalue weighted by molar-refractivity contribution is 5.97. The van der Waals surface area contributed by atoms with Crippen molar-refractivity contribution < 1.29 is 29.0 Å². The largest absolute Gasteiger partial charge is 0.464 e. The van der Waals surface area contributed by atoms with Crippen LogP contribution in [0.25, 0.3) is 0 Å². The number of esters is 1. The molecule has 0 radical (unpaired) electrons. The van der Waals surface area contributed by atoms with E-state index in [1.165, 1.54) is 23.5 Å². The summed E-state index contributed by atoms with van der Waals surface area (Å²) in [6, 6.07) is -2.65. The lowest BCUT2D eigenvalue weighted by molar-refractivity contribution is -0.155. The minimum absolute atomic E-state index is 0.0758. The lowest BCUT2D eigenvalue weighted by Crippen LogP contribution is -2.59. The maximum Gasteiger partial charge on any atom is 0.329 e. The smallest absolute Gasteiger partial charge is 0.329 e. The first-order chi connectivity index (χ1) is 17.1. The Hall–Kier alpha value is -3.08. The lowest BCUT2D eigenvalue weighted by atomic mass is 9.93. The Balaban J connectivity index is 1.78. The molecule has 3 N–H and O–H groups in total. The second-order valence-corrected chi connectivity index (χ2v) is 10.2. The van der Waals surface area contributed by atoms with Crippen molar-refractivity contribution in [2.24, 2.45) is 23.7 Å². The molecule has 1 unspecified atom stereocenters. The number of hydrogen-bond donors (Lipinski definition) is 3. The van der Waals surface area contributed by atoms with E-state index >= 15 is 0 Å². The number of rotatable bonds is 9. The molecule has 0 bridgehead atoms. The highest BCUT2D eigenvalue weighted by atomic mass is 16.5. The summed E-state index contributed by atoms with van der Waals surface area (Å²) in [7, 11) is 0. The Kier molecular flexibility index (Phi) is 8.99. The zero-order chi connectivity index (χ0) is 26.6. The minimum Gasteiger partial charge on any atom is -0.464 e. The van der Waals surface area contributed by atoms with E-state index in [0.29, 0.717) is 12.8 Å². The van der Waals surface area contributed by atoms with Crippen molar-refractivity contribution in [1.82, 2.24) is 25.5 Å². The number of fused-ring (bicyclic) bond motifs is 1. The molecule has 3 rings (SSSR count). The predicted octanol–water partition coefficient (Wildman–Crippen LogP) is 0.533. The molecule has 36 heavy (non-hydrogen) atoms. The van der Waals surface area contributed by atoms with E-state index in [2.05, 4.69) is 20.6 Å². The van der Waals surface area contributed by atoms with Gasteiger partial charge in [0.1, 0.15) is 23.8 Å². The van der Waals surface area contributed by atoms with Crippen LogP contribution in [0.5, 0.6) is 0 Å². The molecule has 198 valence electrons. The van der Waals surface area contributed by atoms with E-state index in [1.807, 2.05) is 0 Å². The van der Waals surface area contributed by atoms with Gasteiger partial charge >= 0.3 is 5.97 Å². The third kappa shape index (κ3) is 5.83. The van der Waals surface area contributed by atoms with Crippen LogP contribution in [0.1, 0.15) is 57.9 Å². The second-order valence-electron chi connectivity index (χ2n) is 10.2. The van der Waals surface area contributed by atoms with Crippen LogP contribution in [-0.2, 0) is 19.1 Å². The van der Waals surface area contributed by atoms with Crippen LogP contribution in [0.4, 0.5) is 0 Å². The topological polar surface area (TPSA) is 151 Å². The Morgan fingerprint density at radius 1 is 1.06 bits per heavy atom. The number of nitrogens with one attached hydrogen (secondary N) is 2. The van der Waals surface area contributed by atoms with Crippen LogP contribution in [0.2, 0.25) is 0 Å². The highest BCUT2D eigenvalue weighted by Gasteiger charge is 2.54. The van der Waals surface area contributed by atoms with Gasteiger partial charge in [0.15, 0.2) is 0 Å². The Labute approximate surface area is 211 Å². The van der Waals surface area contributed by atoms with Gasteiger partial charge in [-0.1, -0.05) is 27.7 Å². The number of hydrogen-bond acceptors (Lipinski definition) is 8. The van der Waals surface area contributed by atoms with Crippen molar-refractivity contribution in [2.75, 3.05) is 13.2 Å². The second kappa shape index (κ2) is 11.8. The number of amides is 3. The van der Waals surface area contributed by atoms with Crippen LogP contribution in [0, 0.1) is 23.7 Å². The van der Waals surface area contributed by atoms with Gasteiger partial charge < -0.3 is 25.4 Å². The molecule has 1 aromatic heterocycles. The predicted molar refractivity (Wildman–Crippen MR) is 129 cm³/mol. The van der Waals surface area contributed by atoms with Crippen molar-refractivity contribution in [2.45, 2.75) is 71.7 Å². The molecule has 1 aliphatic carbocycles. The summed E-state index contributed by atoms with van der Waals surface area (Å²) in [5.41, 5.74) is 0.0758. The minimum atomic E-state index is -0.930. The standard InChI is InChI=1S/C25H37N5O6/c1-6-36-25(35)21-15-7-8-18(31)16(15)12-30(21)24(34)20(14(4)5)29-23(33)19(13(2)3)28-22(32)17-11-26-9-10-27-17/h9-11,13-16,18-21,31H,6-8,12H2,1-5H3,(H,28,32)(H,29,33)/t15-,16-,18?,19-,20-,21-/m0/s1. The van der Waals surface area contributed by atoms with Crippen LogP contribution in [0.3, 0.4) is 0 Å². The van der Waals surface area contributed by atoms with Gasteiger partial charge in [0.2, 0.25) is 11.8 Å². The number of aromatic nitrogens is 2. The molecule has 2 aliphatic rings. The van der Waals surface area contributed by atoms with Crippen LogP contribution in [0.15, 0.2) is 18.6 Å². The van der Waals surface area contributed by atoms with Crippen molar-refractivity contribution in [3.63, 3.8) is 0 Å². The summed E-state index contributed by atoms with van der Waals surface area (Å²) < 4.78 is 5.27. The Morgan fingerprint density at radius 2 is 1.75 bits per heavy atom. The fourth-order valence-electron chi connectivity index (χ4n) is 5.16. The molecule has 0 spiro atoms. The van der Waals surface area contributed by atoms with E-state index in [1.54, 1.807) is 34.6 Å². The van der Waals surface area contributed by atoms with Crippen molar-refractivity contribution >= 4 is 23.7 Å². The quantitative estimate of drug-likeness (QED) is 0.413. The highest BCUT2D eigenvalue weighted by Crippen LogP contribution is 2.43. The van der Waals surface area contributed by atoms with Gasteiger partial charge in [-0.2, -0.15) is 0 Å². The molecule has 1 saturated heterocycles. The van der Waals surface area contributed by atoms with Crippen molar-refractivity contribution in [3.05, 3.63) is 24.3 Å². The average molecular weight is 504 g/mol. The first-order valence-electron chi connectivity index (χ1n) is 12.6. The van der Waals surface area contributed by atoms with Crippen LogP contribution < -0.4 is 10.6 Å². The molecular weight excluding hydrogens is 466 g/mol. The molecule has 1 aromatic rings. The molecule has 0 aromatic carbocycles. The van der Waals surface area contributed by atoms with Crippen molar-refractivity contribution in [3.8, 4) is 0 Å². The molecule has 1 saturated carbocycles. The summed E-state index contributed by atoms with van der Waals surface area (Å²) in [5.74, 6) is -2.91. The normalized spacial score (nSPS) is 24.8. The molecule has 11 heteroatoms. The van der Waals surface area contributed by atoms with E-state index in [4.69, 9.17) is 4.74 Å².